The van der Waals surface area contributed by atoms with Gasteiger partial charge in [0.15, 0.2) is 0 Å². The van der Waals surface area contributed by atoms with E-state index in [9.17, 15) is 9.59 Å². The van der Waals surface area contributed by atoms with E-state index in [0.717, 1.165) is 11.1 Å². The molecule has 0 radical (unpaired) electrons. The highest BCUT2D eigenvalue weighted by Gasteiger charge is 2.14. The van der Waals surface area contributed by atoms with Crippen LogP contribution in [0.3, 0.4) is 0 Å². The quantitative estimate of drug-likeness (QED) is 0.643. The van der Waals surface area contributed by atoms with Crippen molar-refractivity contribution < 1.29 is 9.59 Å². The number of H-pyrrole nitrogens is 1. The van der Waals surface area contributed by atoms with Crippen molar-refractivity contribution >= 4 is 34.8 Å². The molecule has 3 aromatic rings. The van der Waals surface area contributed by atoms with Crippen LogP contribution in [0, 0.1) is 6.92 Å². The molecule has 3 rings (SSSR count). The van der Waals surface area contributed by atoms with E-state index in [1.54, 1.807) is 30.3 Å². The fraction of sp³-hybridized carbons (Fsp3) is 0.105. The van der Waals surface area contributed by atoms with Crippen LogP contribution in [-0.4, -0.2) is 22.0 Å². The van der Waals surface area contributed by atoms with Crippen LogP contribution in [0.2, 0.25) is 5.02 Å². The number of benzene rings is 2. The normalized spacial score (nSPS) is 10.4. The van der Waals surface area contributed by atoms with E-state index in [4.69, 9.17) is 11.6 Å². The number of rotatable bonds is 4. The maximum atomic E-state index is 12.5. The van der Waals surface area contributed by atoms with Crippen molar-refractivity contribution in [2.75, 3.05) is 10.6 Å². The van der Waals surface area contributed by atoms with Gasteiger partial charge in [-0.3, -0.25) is 14.7 Å². The number of anilines is 2. The summed E-state index contributed by atoms with van der Waals surface area (Å²) >= 11 is 6.17. The number of amides is 2. The van der Waals surface area contributed by atoms with E-state index in [0.29, 0.717) is 27.8 Å². The Labute approximate surface area is 155 Å². The summed E-state index contributed by atoms with van der Waals surface area (Å²) in [5.74, 6) is -0.506. The lowest BCUT2D eigenvalue weighted by molar-refractivity contribution is -0.114. The van der Waals surface area contributed by atoms with E-state index in [1.165, 1.54) is 6.92 Å². The van der Waals surface area contributed by atoms with Crippen molar-refractivity contribution in [3.63, 3.8) is 0 Å². The molecule has 26 heavy (non-hydrogen) atoms. The fourth-order valence-corrected chi connectivity index (χ4v) is 2.76. The van der Waals surface area contributed by atoms with Crippen molar-refractivity contribution in [2.24, 2.45) is 0 Å². The zero-order chi connectivity index (χ0) is 18.7. The molecule has 3 N–H and O–H groups in total. The summed E-state index contributed by atoms with van der Waals surface area (Å²) < 4.78 is 0. The Morgan fingerprint density at radius 1 is 1.04 bits per heavy atom. The van der Waals surface area contributed by atoms with Gasteiger partial charge in [-0.2, -0.15) is 5.10 Å². The average Bonchev–Trinajstić information content (AvgIpc) is 3.08. The van der Waals surface area contributed by atoms with Gasteiger partial charge < -0.3 is 10.6 Å². The number of carbonyl (C=O) groups is 2. The van der Waals surface area contributed by atoms with Crippen LogP contribution in [0.5, 0.6) is 0 Å². The van der Waals surface area contributed by atoms with Gasteiger partial charge in [-0.25, -0.2) is 0 Å². The number of hydrogen-bond donors (Lipinski definition) is 3. The smallest absolute Gasteiger partial charge is 0.273 e. The van der Waals surface area contributed by atoms with Crippen LogP contribution >= 0.6 is 11.6 Å². The van der Waals surface area contributed by atoms with E-state index < -0.39 is 0 Å². The number of carbonyl (C=O) groups excluding carboxylic acids is 2. The molecule has 1 aromatic heterocycles. The molecule has 0 aliphatic heterocycles. The zero-order valence-corrected chi connectivity index (χ0v) is 15.0. The first-order valence-electron chi connectivity index (χ1n) is 7.94. The summed E-state index contributed by atoms with van der Waals surface area (Å²) in [6.07, 6.45) is 0. The molecule has 0 aliphatic rings. The molecule has 0 fully saturated rings. The van der Waals surface area contributed by atoms with Gasteiger partial charge in [-0.05, 0) is 36.8 Å². The Bertz CT molecular complexity index is 981. The second kappa shape index (κ2) is 7.41. The van der Waals surface area contributed by atoms with Gasteiger partial charge in [0.05, 0.1) is 10.7 Å². The predicted octanol–water partition coefficient (Wildman–Crippen LogP) is 4.25. The van der Waals surface area contributed by atoms with Gasteiger partial charge in [0, 0.05) is 23.9 Å². The van der Waals surface area contributed by atoms with Crippen LogP contribution in [0.1, 0.15) is 23.0 Å². The Morgan fingerprint density at radius 2 is 1.73 bits per heavy atom. The Hall–Kier alpha value is -3.12. The molecule has 0 bridgehead atoms. The second-order valence-electron chi connectivity index (χ2n) is 5.76. The molecule has 2 aromatic carbocycles. The monoisotopic (exact) mass is 368 g/mol. The highest BCUT2D eigenvalue weighted by atomic mass is 35.5. The molecule has 6 nitrogen and oxygen atoms in total. The molecule has 0 atom stereocenters. The van der Waals surface area contributed by atoms with Crippen molar-refractivity contribution in [1.82, 2.24) is 10.2 Å². The van der Waals surface area contributed by atoms with E-state index in [-0.39, 0.29) is 11.8 Å². The van der Waals surface area contributed by atoms with Gasteiger partial charge in [0.25, 0.3) is 5.91 Å². The maximum absolute atomic E-state index is 12.5. The van der Waals surface area contributed by atoms with Gasteiger partial charge in [0.1, 0.15) is 5.69 Å². The lowest BCUT2D eigenvalue weighted by Crippen LogP contribution is -2.14. The molecule has 1 heterocycles. The number of aromatic nitrogens is 2. The number of halogens is 1. The van der Waals surface area contributed by atoms with Gasteiger partial charge in [-0.1, -0.05) is 35.9 Å². The predicted molar refractivity (Wildman–Crippen MR) is 102 cm³/mol. The van der Waals surface area contributed by atoms with Crippen molar-refractivity contribution in [2.45, 2.75) is 13.8 Å². The number of aromatic amines is 1. The van der Waals surface area contributed by atoms with Crippen molar-refractivity contribution in [3.05, 3.63) is 64.8 Å². The minimum Gasteiger partial charge on any atom is -0.326 e. The van der Waals surface area contributed by atoms with E-state index in [1.807, 2.05) is 25.1 Å². The molecule has 132 valence electrons. The molecule has 0 spiro atoms. The molecule has 7 heteroatoms. The lowest BCUT2D eigenvalue weighted by atomic mass is 10.1. The molecule has 0 unspecified atom stereocenters. The van der Waals surface area contributed by atoms with Crippen molar-refractivity contribution in [3.8, 4) is 11.3 Å². The minimum absolute atomic E-state index is 0.172. The molecular weight excluding hydrogens is 352 g/mol. The summed E-state index contributed by atoms with van der Waals surface area (Å²) in [4.78, 5) is 23.8. The lowest BCUT2D eigenvalue weighted by Gasteiger charge is -2.12. The number of nitrogens with zero attached hydrogens (tertiary/aromatic N) is 1. The first kappa shape index (κ1) is 17.7. The topological polar surface area (TPSA) is 86.9 Å². The zero-order valence-electron chi connectivity index (χ0n) is 14.3. The van der Waals surface area contributed by atoms with Gasteiger partial charge >= 0.3 is 0 Å². The number of nitrogens with one attached hydrogen (secondary N) is 3. The van der Waals surface area contributed by atoms with Gasteiger partial charge in [0.2, 0.25) is 5.91 Å². The Balaban J connectivity index is 1.82. The minimum atomic E-state index is -0.334. The Kier molecular flexibility index (Phi) is 5.04. The largest absolute Gasteiger partial charge is 0.326 e. The molecular formula is C19H17ClN4O2. The van der Waals surface area contributed by atoms with Crippen LogP contribution in [-0.2, 0) is 4.79 Å². The summed E-state index contributed by atoms with van der Waals surface area (Å²) in [7, 11) is 0. The summed E-state index contributed by atoms with van der Waals surface area (Å²) in [5, 5.41) is 13.0. The molecule has 0 saturated heterocycles. The third kappa shape index (κ3) is 3.75. The summed E-state index contributed by atoms with van der Waals surface area (Å²) in [6, 6.07) is 14.2. The SMILES string of the molecule is CC(=O)Nc1cccc(NC(=O)c2cc(-c3ccccc3Cl)n[nH]2)c1C. The number of hydrogen-bond acceptors (Lipinski definition) is 3. The second-order valence-corrected chi connectivity index (χ2v) is 6.17. The molecule has 0 saturated carbocycles. The first-order chi connectivity index (χ1) is 12.5. The summed E-state index contributed by atoms with van der Waals surface area (Å²) in [6.45, 7) is 3.26. The highest BCUT2D eigenvalue weighted by Crippen LogP contribution is 2.27. The fourth-order valence-electron chi connectivity index (χ4n) is 2.53. The van der Waals surface area contributed by atoms with Crippen LogP contribution in [0.4, 0.5) is 11.4 Å². The molecule has 0 aliphatic carbocycles. The van der Waals surface area contributed by atoms with Crippen molar-refractivity contribution in [1.29, 1.82) is 0 Å². The van der Waals surface area contributed by atoms with E-state index >= 15 is 0 Å². The van der Waals surface area contributed by atoms with E-state index in [2.05, 4.69) is 20.8 Å². The van der Waals surface area contributed by atoms with Crippen LogP contribution in [0.25, 0.3) is 11.3 Å². The third-order valence-corrected chi connectivity index (χ3v) is 4.19. The first-order valence-corrected chi connectivity index (χ1v) is 8.32. The standard InChI is InChI=1S/C19H17ClN4O2/c1-11-15(21-12(2)25)8-5-9-16(11)22-19(26)18-10-17(23-24-18)13-6-3-4-7-14(13)20/h3-10H,1-2H3,(H,21,25)(H,22,26)(H,23,24). The third-order valence-electron chi connectivity index (χ3n) is 3.86. The maximum Gasteiger partial charge on any atom is 0.273 e. The molecule has 2 amide bonds. The Morgan fingerprint density at radius 3 is 2.42 bits per heavy atom. The van der Waals surface area contributed by atoms with Gasteiger partial charge in [-0.15, -0.1) is 0 Å². The van der Waals surface area contributed by atoms with Crippen LogP contribution in [0.15, 0.2) is 48.5 Å². The summed E-state index contributed by atoms with van der Waals surface area (Å²) in [5.41, 5.74) is 3.66. The van der Waals surface area contributed by atoms with Crippen LogP contribution < -0.4 is 10.6 Å². The average molecular weight is 369 g/mol. The highest BCUT2D eigenvalue weighted by molar-refractivity contribution is 6.33.